The number of piperidine rings is 1. The van der Waals surface area contributed by atoms with Crippen molar-refractivity contribution in [1.82, 2.24) is 5.32 Å². The molecule has 9 heavy (non-hydrogen) atoms. The molecule has 2 heteroatoms. The molecule has 1 heterocycles. The Morgan fingerprint density at radius 3 is 2.67 bits per heavy atom. The summed E-state index contributed by atoms with van der Waals surface area (Å²) in [6, 6.07) is 0.138. The fourth-order valence-electron chi connectivity index (χ4n) is 1.27. The van der Waals surface area contributed by atoms with Gasteiger partial charge in [-0.2, -0.15) is 0 Å². The molecule has 0 aromatic rings. The molecular weight excluding hydrogens is 117 g/mol. The third kappa shape index (κ3) is 1.94. The molecule has 0 aromatic carbocycles. The molecule has 1 nitrogen and oxygen atoms in total. The molecular formula is C7H14FN. The Balaban J connectivity index is 2.23. The maximum Gasteiger partial charge on any atom is 0.113 e. The van der Waals surface area contributed by atoms with Crippen LogP contribution in [0.1, 0.15) is 26.2 Å². The Hall–Kier alpha value is -0.110. The van der Waals surface area contributed by atoms with Crippen LogP contribution in [0.3, 0.4) is 0 Å². The first-order chi connectivity index (χ1) is 4.30. The van der Waals surface area contributed by atoms with Crippen LogP contribution in [0.2, 0.25) is 0 Å². The first kappa shape index (κ1) is 7.00. The van der Waals surface area contributed by atoms with Crippen molar-refractivity contribution in [3.8, 4) is 0 Å². The minimum Gasteiger partial charge on any atom is -0.311 e. The van der Waals surface area contributed by atoms with Crippen molar-refractivity contribution in [2.75, 3.05) is 6.54 Å². The van der Waals surface area contributed by atoms with E-state index in [0.29, 0.717) is 0 Å². The summed E-state index contributed by atoms with van der Waals surface area (Å²) >= 11 is 0. The molecule has 0 bridgehead atoms. The fraction of sp³-hybridized carbons (Fsp3) is 1.00. The van der Waals surface area contributed by atoms with E-state index in [-0.39, 0.29) is 6.04 Å². The van der Waals surface area contributed by atoms with Gasteiger partial charge in [0.25, 0.3) is 0 Å². The molecule has 1 aliphatic rings. The molecule has 0 radical (unpaired) electrons. The highest BCUT2D eigenvalue weighted by Gasteiger charge is 2.17. The zero-order valence-corrected chi connectivity index (χ0v) is 5.86. The number of hydrogen-bond acceptors (Lipinski definition) is 1. The largest absolute Gasteiger partial charge is 0.311 e. The van der Waals surface area contributed by atoms with Crippen molar-refractivity contribution in [3.63, 3.8) is 0 Å². The van der Waals surface area contributed by atoms with Crippen LogP contribution in [-0.2, 0) is 0 Å². The number of halogens is 1. The standard InChI is InChI=1S/C7H14FN/c1-6(8)7-4-2-3-5-9-7/h6-7,9H,2-5H2,1H3/t6-,7+/m0/s1. The van der Waals surface area contributed by atoms with Gasteiger partial charge in [-0.3, -0.25) is 0 Å². The monoisotopic (exact) mass is 131 g/mol. The molecule has 0 saturated carbocycles. The van der Waals surface area contributed by atoms with Crippen LogP contribution in [0.15, 0.2) is 0 Å². The second-order valence-corrected chi connectivity index (χ2v) is 2.73. The van der Waals surface area contributed by atoms with Gasteiger partial charge in [0.2, 0.25) is 0 Å². The summed E-state index contributed by atoms with van der Waals surface area (Å²) in [5.74, 6) is 0. The molecule has 54 valence electrons. The highest BCUT2D eigenvalue weighted by molar-refractivity contribution is 4.76. The Morgan fingerprint density at radius 2 is 2.33 bits per heavy atom. The summed E-state index contributed by atoms with van der Waals surface area (Å²) in [6.07, 6.45) is 2.73. The van der Waals surface area contributed by atoms with E-state index >= 15 is 0 Å². The lowest BCUT2D eigenvalue weighted by Gasteiger charge is -2.24. The van der Waals surface area contributed by atoms with Gasteiger partial charge in [0.1, 0.15) is 6.17 Å². The minimum absolute atomic E-state index is 0.138. The minimum atomic E-state index is -0.676. The highest BCUT2D eigenvalue weighted by Crippen LogP contribution is 2.11. The molecule has 1 aliphatic heterocycles. The average Bonchev–Trinajstić information content (AvgIpc) is 1.90. The van der Waals surface area contributed by atoms with E-state index in [4.69, 9.17) is 0 Å². The van der Waals surface area contributed by atoms with Gasteiger partial charge in [-0.15, -0.1) is 0 Å². The topological polar surface area (TPSA) is 12.0 Å². The van der Waals surface area contributed by atoms with E-state index in [1.54, 1.807) is 6.92 Å². The molecule has 0 amide bonds. The summed E-state index contributed by atoms with van der Waals surface area (Å²) in [7, 11) is 0. The lowest BCUT2D eigenvalue weighted by molar-refractivity contribution is 0.235. The Morgan fingerprint density at radius 1 is 1.56 bits per heavy atom. The molecule has 0 spiro atoms. The molecule has 2 atom stereocenters. The van der Waals surface area contributed by atoms with Crippen molar-refractivity contribution < 1.29 is 4.39 Å². The van der Waals surface area contributed by atoms with E-state index in [0.717, 1.165) is 13.0 Å². The van der Waals surface area contributed by atoms with Gasteiger partial charge in [0.15, 0.2) is 0 Å². The second kappa shape index (κ2) is 3.16. The van der Waals surface area contributed by atoms with Crippen LogP contribution in [-0.4, -0.2) is 18.8 Å². The summed E-state index contributed by atoms with van der Waals surface area (Å²) in [5.41, 5.74) is 0. The second-order valence-electron chi connectivity index (χ2n) is 2.73. The molecule has 1 N–H and O–H groups in total. The van der Waals surface area contributed by atoms with Gasteiger partial charge in [0, 0.05) is 6.04 Å². The number of nitrogens with one attached hydrogen (secondary N) is 1. The summed E-state index contributed by atoms with van der Waals surface area (Å²) in [4.78, 5) is 0. The van der Waals surface area contributed by atoms with Gasteiger partial charge in [0.05, 0.1) is 0 Å². The third-order valence-electron chi connectivity index (χ3n) is 1.90. The Bertz CT molecular complexity index is 77.0. The number of alkyl halides is 1. The van der Waals surface area contributed by atoms with E-state index in [2.05, 4.69) is 5.32 Å². The van der Waals surface area contributed by atoms with Crippen molar-refractivity contribution in [2.45, 2.75) is 38.4 Å². The van der Waals surface area contributed by atoms with E-state index in [1.807, 2.05) is 0 Å². The molecule has 1 fully saturated rings. The van der Waals surface area contributed by atoms with Crippen LogP contribution in [0.5, 0.6) is 0 Å². The predicted octanol–water partition coefficient (Wildman–Crippen LogP) is 1.49. The first-order valence-corrected chi connectivity index (χ1v) is 3.68. The summed E-state index contributed by atoms with van der Waals surface area (Å²) in [5, 5.41) is 3.14. The van der Waals surface area contributed by atoms with E-state index < -0.39 is 6.17 Å². The third-order valence-corrected chi connectivity index (χ3v) is 1.90. The quantitative estimate of drug-likeness (QED) is 0.568. The lowest BCUT2D eigenvalue weighted by Crippen LogP contribution is -2.39. The van der Waals surface area contributed by atoms with Gasteiger partial charge in [-0.1, -0.05) is 6.42 Å². The van der Waals surface area contributed by atoms with Gasteiger partial charge < -0.3 is 5.32 Å². The maximum absolute atomic E-state index is 12.5. The summed E-state index contributed by atoms with van der Waals surface area (Å²) in [6.45, 7) is 2.63. The summed E-state index contributed by atoms with van der Waals surface area (Å²) < 4.78 is 12.5. The number of hydrogen-bond donors (Lipinski definition) is 1. The van der Waals surface area contributed by atoms with Crippen LogP contribution in [0, 0.1) is 0 Å². The highest BCUT2D eigenvalue weighted by atomic mass is 19.1. The Labute approximate surface area is 55.6 Å². The van der Waals surface area contributed by atoms with Gasteiger partial charge in [-0.05, 0) is 26.3 Å². The zero-order valence-electron chi connectivity index (χ0n) is 5.86. The molecule has 0 aromatic heterocycles. The SMILES string of the molecule is C[C@H](F)[C@H]1CCCCN1. The zero-order chi connectivity index (χ0) is 6.69. The molecule has 0 aliphatic carbocycles. The first-order valence-electron chi connectivity index (χ1n) is 3.68. The molecule has 1 rings (SSSR count). The molecule has 1 saturated heterocycles. The van der Waals surface area contributed by atoms with Crippen molar-refractivity contribution in [2.24, 2.45) is 0 Å². The van der Waals surface area contributed by atoms with Crippen LogP contribution >= 0.6 is 0 Å². The normalized spacial score (nSPS) is 32.0. The maximum atomic E-state index is 12.5. The van der Waals surface area contributed by atoms with Gasteiger partial charge >= 0.3 is 0 Å². The predicted molar refractivity (Wildman–Crippen MR) is 36.2 cm³/mol. The number of rotatable bonds is 1. The van der Waals surface area contributed by atoms with Crippen LogP contribution in [0.4, 0.5) is 4.39 Å². The van der Waals surface area contributed by atoms with E-state index in [1.165, 1.54) is 12.8 Å². The smallest absolute Gasteiger partial charge is 0.113 e. The van der Waals surface area contributed by atoms with E-state index in [9.17, 15) is 4.39 Å². The van der Waals surface area contributed by atoms with Crippen molar-refractivity contribution >= 4 is 0 Å². The van der Waals surface area contributed by atoms with Crippen LogP contribution in [0.25, 0.3) is 0 Å². The van der Waals surface area contributed by atoms with Crippen LogP contribution < -0.4 is 5.32 Å². The fourth-order valence-corrected chi connectivity index (χ4v) is 1.27. The average molecular weight is 131 g/mol. The van der Waals surface area contributed by atoms with Crippen molar-refractivity contribution in [3.05, 3.63) is 0 Å². The Kier molecular flexibility index (Phi) is 2.46. The molecule has 0 unspecified atom stereocenters. The lowest BCUT2D eigenvalue weighted by atomic mass is 10.0. The van der Waals surface area contributed by atoms with Crippen molar-refractivity contribution in [1.29, 1.82) is 0 Å². The van der Waals surface area contributed by atoms with Gasteiger partial charge in [-0.25, -0.2) is 4.39 Å².